The zero-order valence-corrected chi connectivity index (χ0v) is 17.9. The number of nitrogens with one attached hydrogen (secondary N) is 2. The van der Waals surface area contributed by atoms with Crippen LogP contribution < -0.4 is 20.1 Å². The predicted molar refractivity (Wildman–Crippen MR) is 120 cm³/mol. The number of benzene rings is 2. The number of hydrogen-bond donors (Lipinski definition) is 2. The molecule has 2 N–H and O–H groups in total. The number of anilines is 1. The van der Waals surface area contributed by atoms with Crippen LogP contribution in [-0.4, -0.2) is 25.0 Å². The van der Waals surface area contributed by atoms with Crippen molar-refractivity contribution in [1.29, 1.82) is 0 Å². The average molecular weight is 434 g/mol. The normalized spacial score (nSPS) is 13.5. The Balaban J connectivity index is 1.32. The van der Waals surface area contributed by atoms with Crippen molar-refractivity contribution in [1.82, 2.24) is 5.32 Å². The van der Waals surface area contributed by atoms with Gasteiger partial charge in [0.2, 0.25) is 0 Å². The smallest absolute Gasteiger partial charge is 0.291 e. The number of rotatable bonds is 8. The summed E-state index contributed by atoms with van der Waals surface area (Å²) in [5, 5.41) is 5.66. The summed E-state index contributed by atoms with van der Waals surface area (Å²) in [6.07, 6.45) is 6.14. The van der Waals surface area contributed by atoms with Gasteiger partial charge in [0.1, 0.15) is 0 Å². The van der Waals surface area contributed by atoms with Gasteiger partial charge in [-0.15, -0.1) is 0 Å². The van der Waals surface area contributed by atoms with Crippen molar-refractivity contribution in [3.63, 3.8) is 0 Å². The molecule has 2 aromatic carbocycles. The molecule has 7 heteroatoms. The molecule has 0 unspecified atom stereocenters. The third-order valence-corrected chi connectivity index (χ3v) is 5.43. The molecule has 0 spiro atoms. The molecule has 2 amide bonds. The van der Waals surface area contributed by atoms with Crippen molar-refractivity contribution in [2.75, 3.05) is 12.4 Å². The Bertz CT molecular complexity index is 1050. The highest BCUT2D eigenvalue weighted by Gasteiger charge is 2.19. The van der Waals surface area contributed by atoms with Gasteiger partial charge in [-0.1, -0.05) is 12.1 Å². The fourth-order valence-electron chi connectivity index (χ4n) is 3.68. The summed E-state index contributed by atoms with van der Waals surface area (Å²) in [5.41, 5.74) is 2.05. The van der Waals surface area contributed by atoms with E-state index < -0.39 is 0 Å². The van der Waals surface area contributed by atoms with Crippen LogP contribution in [0.15, 0.2) is 65.3 Å². The average Bonchev–Trinajstić information content (AvgIpc) is 3.53. The van der Waals surface area contributed by atoms with E-state index in [-0.39, 0.29) is 23.7 Å². The molecule has 1 aliphatic carbocycles. The van der Waals surface area contributed by atoms with Gasteiger partial charge in [-0.05, 0) is 73.7 Å². The van der Waals surface area contributed by atoms with Gasteiger partial charge in [0.25, 0.3) is 11.8 Å². The van der Waals surface area contributed by atoms with Crippen LogP contribution in [-0.2, 0) is 6.54 Å². The maximum absolute atomic E-state index is 12.6. The van der Waals surface area contributed by atoms with Crippen LogP contribution in [0.2, 0.25) is 0 Å². The molecule has 1 fully saturated rings. The highest BCUT2D eigenvalue weighted by Crippen LogP contribution is 2.32. The van der Waals surface area contributed by atoms with E-state index in [1.807, 2.05) is 12.1 Å². The van der Waals surface area contributed by atoms with Crippen molar-refractivity contribution < 1.29 is 23.5 Å². The second-order valence-electron chi connectivity index (χ2n) is 7.70. The van der Waals surface area contributed by atoms with Crippen LogP contribution in [0.3, 0.4) is 0 Å². The molecule has 166 valence electrons. The summed E-state index contributed by atoms with van der Waals surface area (Å²) in [4.78, 5) is 24.6. The van der Waals surface area contributed by atoms with Gasteiger partial charge < -0.3 is 24.5 Å². The summed E-state index contributed by atoms with van der Waals surface area (Å²) in [6, 6.07) is 15.7. The number of carbonyl (C=O) groups is 2. The van der Waals surface area contributed by atoms with Gasteiger partial charge in [0.05, 0.1) is 19.5 Å². The number of furan rings is 1. The molecular formula is C25H26N2O5. The summed E-state index contributed by atoms with van der Waals surface area (Å²) in [5.74, 6) is 0.956. The molecular weight excluding hydrogens is 408 g/mol. The first kappa shape index (κ1) is 21.5. The Labute approximate surface area is 186 Å². The molecule has 1 aliphatic rings. The van der Waals surface area contributed by atoms with Crippen LogP contribution in [0.1, 0.15) is 52.2 Å². The van der Waals surface area contributed by atoms with E-state index >= 15 is 0 Å². The lowest BCUT2D eigenvalue weighted by Gasteiger charge is -2.16. The number of methoxy groups -OCH3 is 1. The lowest BCUT2D eigenvalue weighted by molar-refractivity contribution is 0.0949. The van der Waals surface area contributed by atoms with Gasteiger partial charge in [0, 0.05) is 17.8 Å². The van der Waals surface area contributed by atoms with Crippen molar-refractivity contribution >= 4 is 17.5 Å². The van der Waals surface area contributed by atoms with E-state index in [1.165, 1.54) is 19.1 Å². The number of ether oxygens (including phenoxy) is 2. The van der Waals surface area contributed by atoms with Crippen molar-refractivity contribution in [3.05, 3.63) is 77.7 Å². The van der Waals surface area contributed by atoms with Crippen LogP contribution in [0.5, 0.6) is 11.5 Å². The first-order chi connectivity index (χ1) is 15.6. The maximum Gasteiger partial charge on any atom is 0.291 e. The Morgan fingerprint density at radius 2 is 1.78 bits per heavy atom. The lowest BCUT2D eigenvalue weighted by Crippen LogP contribution is -2.23. The maximum atomic E-state index is 12.6. The minimum absolute atomic E-state index is 0.203. The molecule has 1 aromatic heterocycles. The molecule has 32 heavy (non-hydrogen) atoms. The van der Waals surface area contributed by atoms with E-state index in [9.17, 15) is 9.59 Å². The molecule has 1 saturated carbocycles. The fraction of sp³-hybridized carbons (Fsp3) is 0.280. The van der Waals surface area contributed by atoms with Crippen LogP contribution >= 0.6 is 0 Å². The van der Waals surface area contributed by atoms with Crippen molar-refractivity contribution in [3.8, 4) is 11.5 Å². The Morgan fingerprint density at radius 3 is 2.47 bits per heavy atom. The summed E-state index contributed by atoms with van der Waals surface area (Å²) in [7, 11) is 1.57. The second-order valence-corrected chi connectivity index (χ2v) is 7.70. The lowest BCUT2D eigenvalue weighted by atomic mass is 10.1. The molecule has 0 atom stereocenters. The van der Waals surface area contributed by atoms with Gasteiger partial charge >= 0.3 is 0 Å². The topological polar surface area (TPSA) is 89.8 Å². The summed E-state index contributed by atoms with van der Waals surface area (Å²) in [6.45, 7) is 0.355. The van der Waals surface area contributed by atoms with Gasteiger partial charge in [0.15, 0.2) is 17.3 Å². The predicted octanol–water partition coefficient (Wildman–Crippen LogP) is 4.79. The molecule has 0 aliphatic heterocycles. The standard InChI is InChI=1S/C25H26N2O5/c1-30-23-15-18(10-13-21(23)32-20-5-2-3-6-20)24(28)26-16-17-8-11-19(12-9-17)27-25(29)22-7-4-14-31-22/h4,7-15,20H,2-3,5-6,16H2,1H3,(H,26,28)(H,27,29). The molecule has 4 rings (SSSR count). The molecule has 3 aromatic rings. The van der Waals surface area contributed by atoms with E-state index in [2.05, 4.69) is 10.6 Å². The number of amides is 2. The zero-order chi connectivity index (χ0) is 22.3. The highest BCUT2D eigenvalue weighted by molar-refractivity contribution is 6.02. The third-order valence-electron chi connectivity index (χ3n) is 5.43. The van der Waals surface area contributed by atoms with Crippen LogP contribution in [0.25, 0.3) is 0 Å². The number of hydrogen-bond acceptors (Lipinski definition) is 5. The summed E-state index contributed by atoms with van der Waals surface area (Å²) < 4.78 is 16.5. The first-order valence-corrected chi connectivity index (χ1v) is 10.7. The van der Waals surface area contributed by atoms with Gasteiger partial charge in [-0.3, -0.25) is 9.59 Å². The van der Waals surface area contributed by atoms with E-state index in [1.54, 1.807) is 49.6 Å². The van der Waals surface area contributed by atoms with E-state index in [0.29, 0.717) is 29.3 Å². The Kier molecular flexibility index (Phi) is 6.75. The number of carbonyl (C=O) groups excluding carboxylic acids is 2. The molecule has 1 heterocycles. The first-order valence-electron chi connectivity index (χ1n) is 10.7. The zero-order valence-electron chi connectivity index (χ0n) is 17.9. The summed E-state index contributed by atoms with van der Waals surface area (Å²) >= 11 is 0. The van der Waals surface area contributed by atoms with E-state index in [0.717, 1.165) is 18.4 Å². The minimum Gasteiger partial charge on any atom is -0.493 e. The van der Waals surface area contributed by atoms with Crippen LogP contribution in [0, 0.1) is 0 Å². The quantitative estimate of drug-likeness (QED) is 0.532. The fourth-order valence-corrected chi connectivity index (χ4v) is 3.68. The second kappa shape index (κ2) is 10.0. The van der Waals surface area contributed by atoms with Gasteiger partial charge in [-0.2, -0.15) is 0 Å². The van der Waals surface area contributed by atoms with Crippen molar-refractivity contribution in [2.24, 2.45) is 0 Å². The van der Waals surface area contributed by atoms with Gasteiger partial charge in [-0.25, -0.2) is 0 Å². The molecule has 0 radical (unpaired) electrons. The molecule has 0 bridgehead atoms. The Morgan fingerprint density at radius 1 is 1.00 bits per heavy atom. The van der Waals surface area contributed by atoms with Crippen LogP contribution in [0.4, 0.5) is 5.69 Å². The van der Waals surface area contributed by atoms with Crippen molar-refractivity contribution in [2.45, 2.75) is 38.3 Å². The molecule has 7 nitrogen and oxygen atoms in total. The monoisotopic (exact) mass is 434 g/mol. The minimum atomic E-state index is -0.314. The molecule has 0 saturated heterocycles. The third kappa shape index (κ3) is 5.29. The van der Waals surface area contributed by atoms with E-state index in [4.69, 9.17) is 13.9 Å². The highest BCUT2D eigenvalue weighted by atomic mass is 16.5. The largest absolute Gasteiger partial charge is 0.493 e. The SMILES string of the molecule is COc1cc(C(=O)NCc2ccc(NC(=O)c3ccco3)cc2)ccc1OC1CCCC1. The Hall–Kier alpha value is -3.74.